The fourth-order valence-corrected chi connectivity index (χ4v) is 3.29. The zero-order chi connectivity index (χ0) is 28.8. The lowest BCUT2D eigenvalue weighted by molar-refractivity contribution is -0.127. The van der Waals surface area contributed by atoms with Crippen LogP contribution >= 0.6 is 0 Å². The van der Waals surface area contributed by atoms with E-state index in [0.717, 1.165) is 42.7 Å². The zero-order valence-electron chi connectivity index (χ0n) is 23.4. The molecule has 7 nitrogen and oxygen atoms in total. The molecule has 1 saturated heterocycles. The Morgan fingerprint density at radius 1 is 1.08 bits per heavy atom. The van der Waals surface area contributed by atoms with E-state index in [1.165, 1.54) is 26.2 Å². The Hall–Kier alpha value is -2.46. The van der Waals surface area contributed by atoms with Crippen LogP contribution in [0.4, 0.5) is 14.6 Å². The second-order valence-electron chi connectivity index (χ2n) is 9.23. The summed E-state index contributed by atoms with van der Waals surface area (Å²) in [5.41, 5.74) is 6.62. The molecule has 2 heterocycles. The van der Waals surface area contributed by atoms with E-state index in [1.54, 1.807) is 6.92 Å². The number of rotatable bonds is 5. The normalized spacial score (nSPS) is 18.5. The first-order valence-corrected chi connectivity index (χ1v) is 12.7. The molecule has 0 bridgehead atoms. The number of benzene rings is 1. The third kappa shape index (κ3) is 13.1. The summed E-state index contributed by atoms with van der Waals surface area (Å²) in [5, 5.41) is 26.6. The maximum atomic E-state index is 13.1. The van der Waals surface area contributed by atoms with E-state index in [2.05, 4.69) is 23.0 Å². The van der Waals surface area contributed by atoms with Crippen molar-refractivity contribution >= 4 is 11.9 Å². The smallest absolute Gasteiger partial charge is 0.159 e. The van der Waals surface area contributed by atoms with Gasteiger partial charge in [-0.1, -0.05) is 45.4 Å². The van der Waals surface area contributed by atoms with Crippen LogP contribution in [0.5, 0.6) is 0 Å². The Morgan fingerprint density at radius 2 is 1.68 bits per heavy atom. The van der Waals surface area contributed by atoms with Crippen LogP contribution in [-0.2, 0) is 10.3 Å². The van der Waals surface area contributed by atoms with E-state index in [9.17, 15) is 13.9 Å². The molecule has 1 aliphatic rings. The van der Waals surface area contributed by atoms with Crippen LogP contribution in [0.3, 0.4) is 0 Å². The number of halogens is 2. The molecule has 9 heteroatoms. The number of allylic oxidation sites excluding steroid dienone is 1. The zero-order valence-corrected chi connectivity index (χ0v) is 23.4. The lowest BCUT2D eigenvalue weighted by Gasteiger charge is -2.30. The van der Waals surface area contributed by atoms with Crippen molar-refractivity contribution in [2.24, 2.45) is 0 Å². The molecule has 0 spiro atoms. The van der Waals surface area contributed by atoms with Gasteiger partial charge in [0.2, 0.25) is 0 Å². The molecule has 5 N–H and O–H groups in total. The Kier molecular flexibility index (Phi) is 15.3. The Morgan fingerprint density at radius 3 is 2.14 bits per heavy atom. The Balaban J connectivity index is 0.000000574. The summed E-state index contributed by atoms with van der Waals surface area (Å²) in [7, 11) is 0. The fraction of sp³-hybridized carbons (Fsp3) is 0.571. The first-order valence-electron chi connectivity index (χ1n) is 12.7. The van der Waals surface area contributed by atoms with Gasteiger partial charge >= 0.3 is 0 Å². The molecule has 2 unspecified atom stereocenters. The summed E-state index contributed by atoms with van der Waals surface area (Å²) >= 11 is 0. The molecule has 1 aliphatic heterocycles. The highest BCUT2D eigenvalue weighted by Gasteiger charge is 2.39. The molecular formula is C28H45F2N3O4. The van der Waals surface area contributed by atoms with E-state index >= 15 is 0 Å². The maximum absolute atomic E-state index is 13.1. The van der Waals surface area contributed by atoms with Crippen LogP contribution in [0.1, 0.15) is 91.0 Å². The number of nitrogens with two attached hydrogens (primary N) is 1. The highest BCUT2D eigenvalue weighted by atomic mass is 19.2. The van der Waals surface area contributed by atoms with Gasteiger partial charge in [0.05, 0.1) is 17.9 Å². The van der Waals surface area contributed by atoms with Gasteiger partial charge in [0.25, 0.3) is 0 Å². The average molecular weight is 526 g/mol. The molecule has 3 rings (SSSR count). The second-order valence-corrected chi connectivity index (χ2v) is 9.23. The van der Waals surface area contributed by atoms with Gasteiger partial charge in [-0.05, 0) is 71.6 Å². The van der Waals surface area contributed by atoms with E-state index in [-0.39, 0.29) is 12.2 Å². The quantitative estimate of drug-likeness (QED) is 0.372. The standard InChI is InChI=1S/C13H16F2O2.C10H15N3.C3H8O2.C2H6/c1-8-3-6-12(17-8)13(2,16)9-4-5-10(14)11(15)7-9;1-3-4-5-6-9-8(2)12-7-13-10(9)11;1-3(2,4)5;1-2/h4-5,7-8,12,16H,3,6H2,1-2H3;5-7H,3-4H2,1-2H3,(H2,11,12,13);4-5H,1-2H3;1-2H3/b;6-5-;;/t8?,12?,13-;;;/m1.../s1. The van der Waals surface area contributed by atoms with Crippen molar-refractivity contribution in [2.45, 2.75) is 105 Å². The number of nitrogens with zero attached hydrogens (tertiary/aromatic N) is 2. The van der Waals surface area contributed by atoms with Crippen molar-refractivity contribution in [1.82, 2.24) is 9.97 Å². The molecule has 2 aromatic rings. The summed E-state index contributed by atoms with van der Waals surface area (Å²) in [6.45, 7) is 14.2. The number of nitrogen functional groups attached to an aromatic ring is 1. The number of ether oxygens (including phenoxy) is 1. The summed E-state index contributed by atoms with van der Waals surface area (Å²) in [5.74, 6) is -2.81. The number of unbranched alkanes of at least 4 members (excludes halogenated alkanes) is 1. The Labute approximate surface area is 220 Å². The van der Waals surface area contributed by atoms with Crippen molar-refractivity contribution in [3.63, 3.8) is 0 Å². The van der Waals surface area contributed by atoms with Crippen LogP contribution in [0.2, 0.25) is 0 Å². The third-order valence-electron chi connectivity index (χ3n) is 5.22. The van der Waals surface area contributed by atoms with Crippen LogP contribution < -0.4 is 5.73 Å². The highest BCUT2D eigenvalue weighted by molar-refractivity contribution is 5.62. The first kappa shape index (κ1) is 34.5. The van der Waals surface area contributed by atoms with Crippen molar-refractivity contribution in [3.05, 3.63) is 59.1 Å². The molecular weight excluding hydrogens is 480 g/mol. The van der Waals surface area contributed by atoms with Crippen LogP contribution in [0, 0.1) is 18.6 Å². The topological polar surface area (TPSA) is 122 Å². The van der Waals surface area contributed by atoms with Gasteiger partial charge < -0.3 is 25.8 Å². The van der Waals surface area contributed by atoms with E-state index < -0.39 is 23.0 Å². The number of aliphatic hydroxyl groups is 3. The number of hydrogen-bond donors (Lipinski definition) is 4. The van der Waals surface area contributed by atoms with Gasteiger partial charge in [0, 0.05) is 5.56 Å². The second kappa shape index (κ2) is 16.4. The largest absolute Gasteiger partial charge is 0.383 e. The van der Waals surface area contributed by atoms with Crippen molar-refractivity contribution in [2.75, 3.05) is 5.73 Å². The summed E-state index contributed by atoms with van der Waals surface area (Å²) in [4.78, 5) is 8.01. The predicted molar refractivity (Wildman–Crippen MR) is 144 cm³/mol. The summed E-state index contributed by atoms with van der Waals surface area (Å²) < 4.78 is 31.6. The van der Waals surface area contributed by atoms with Gasteiger partial charge in [0.1, 0.15) is 17.7 Å². The minimum atomic E-state index is -1.50. The minimum absolute atomic E-state index is 0.0942. The van der Waals surface area contributed by atoms with Gasteiger partial charge in [-0.25, -0.2) is 18.7 Å². The van der Waals surface area contributed by atoms with Gasteiger partial charge in [0.15, 0.2) is 17.4 Å². The molecule has 0 radical (unpaired) electrons. The highest BCUT2D eigenvalue weighted by Crippen LogP contribution is 2.35. The molecule has 210 valence electrons. The number of aryl methyl sites for hydroxylation is 1. The molecule has 0 amide bonds. The van der Waals surface area contributed by atoms with Gasteiger partial charge in [-0.2, -0.15) is 0 Å². The third-order valence-corrected chi connectivity index (χ3v) is 5.22. The van der Waals surface area contributed by atoms with Crippen molar-refractivity contribution < 1.29 is 28.8 Å². The first-order chi connectivity index (χ1) is 17.2. The lowest BCUT2D eigenvalue weighted by atomic mass is 9.88. The summed E-state index contributed by atoms with van der Waals surface area (Å²) in [6.07, 6.45) is 9.09. The van der Waals surface area contributed by atoms with Crippen molar-refractivity contribution in [1.29, 1.82) is 0 Å². The van der Waals surface area contributed by atoms with Crippen LogP contribution in [-0.4, -0.2) is 43.3 Å². The SMILES string of the molecule is CC.CC(C)(O)O.CC1CCC([C@](C)(O)c2ccc(F)c(F)c2)O1.CCC/C=C\c1c(C)ncnc1N. The molecule has 1 aromatic carbocycles. The fourth-order valence-electron chi connectivity index (χ4n) is 3.29. The van der Waals surface area contributed by atoms with Crippen molar-refractivity contribution in [3.8, 4) is 0 Å². The molecule has 3 atom stereocenters. The summed E-state index contributed by atoms with van der Waals surface area (Å²) in [6, 6.07) is 3.45. The van der Waals surface area contributed by atoms with E-state index in [1.807, 2.05) is 33.8 Å². The Bertz CT molecular complexity index is 937. The van der Waals surface area contributed by atoms with Gasteiger partial charge in [-0.15, -0.1) is 0 Å². The monoisotopic (exact) mass is 525 g/mol. The minimum Gasteiger partial charge on any atom is -0.383 e. The predicted octanol–water partition coefficient (Wildman–Crippen LogP) is 5.65. The van der Waals surface area contributed by atoms with Crippen LogP contribution in [0.25, 0.3) is 6.08 Å². The van der Waals surface area contributed by atoms with Gasteiger partial charge in [-0.3, -0.25) is 0 Å². The molecule has 1 aromatic heterocycles. The number of hydrogen-bond acceptors (Lipinski definition) is 7. The molecule has 0 saturated carbocycles. The number of aromatic nitrogens is 2. The van der Waals surface area contributed by atoms with Crippen LogP contribution in [0.15, 0.2) is 30.6 Å². The molecule has 1 fully saturated rings. The lowest BCUT2D eigenvalue weighted by Crippen LogP contribution is -2.36. The van der Waals surface area contributed by atoms with E-state index in [4.69, 9.17) is 20.7 Å². The molecule has 0 aliphatic carbocycles. The van der Waals surface area contributed by atoms with E-state index in [0.29, 0.717) is 17.8 Å². The number of anilines is 1. The average Bonchev–Trinajstić information content (AvgIpc) is 3.25. The maximum Gasteiger partial charge on any atom is 0.159 e. The molecule has 37 heavy (non-hydrogen) atoms.